The van der Waals surface area contributed by atoms with Crippen LogP contribution in [-0.4, -0.2) is 14.2 Å². The lowest BCUT2D eigenvalue weighted by Crippen LogP contribution is -2.22. The van der Waals surface area contributed by atoms with E-state index in [2.05, 4.69) is 56.3 Å². The van der Waals surface area contributed by atoms with E-state index in [1.807, 2.05) is 24.3 Å². The quantitative estimate of drug-likeness (QED) is 0.646. The number of aryl methyl sites for hydroxylation is 2. The van der Waals surface area contributed by atoms with Gasteiger partial charge in [-0.2, -0.15) is 0 Å². The first-order chi connectivity index (χ1) is 12.1. The van der Waals surface area contributed by atoms with Crippen LogP contribution in [0, 0.1) is 13.8 Å². The zero-order chi connectivity index (χ0) is 17.8. The molecule has 0 aromatic heterocycles. The smallest absolute Gasteiger partial charge is 0.118 e. The second-order valence-electron chi connectivity index (χ2n) is 6.02. The van der Waals surface area contributed by atoms with Gasteiger partial charge < -0.3 is 9.47 Å². The Kier molecular flexibility index (Phi) is 5.40. The van der Waals surface area contributed by atoms with Gasteiger partial charge in [0.05, 0.1) is 14.2 Å². The third-order valence-corrected chi connectivity index (χ3v) is 6.87. The Bertz CT molecular complexity index is 791. The van der Waals surface area contributed by atoms with Crippen LogP contribution in [0.15, 0.2) is 66.7 Å². The van der Waals surface area contributed by atoms with Gasteiger partial charge in [-0.05, 0) is 67.5 Å². The van der Waals surface area contributed by atoms with E-state index >= 15 is 0 Å². The number of methoxy groups -OCH3 is 2. The van der Waals surface area contributed by atoms with Crippen LogP contribution >= 0.6 is 7.92 Å². The van der Waals surface area contributed by atoms with Crippen LogP contribution in [0.2, 0.25) is 0 Å². The summed E-state index contributed by atoms with van der Waals surface area (Å²) < 4.78 is 10.6. The Morgan fingerprint density at radius 1 is 0.640 bits per heavy atom. The lowest BCUT2D eigenvalue weighted by atomic mass is 10.2. The molecule has 0 saturated carbocycles. The first kappa shape index (κ1) is 17.5. The third-order valence-electron chi connectivity index (χ3n) is 4.25. The molecule has 2 nitrogen and oxygen atoms in total. The summed E-state index contributed by atoms with van der Waals surface area (Å²) in [6.45, 7) is 4.34. The highest BCUT2D eigenvalue weighted by molar-refractivity contribution is 7.79. The lowest BCUT2D eigenvalue weighted by molar-refractivity contribution is 0.415. The van der Waals surface area contributed by atoms with E-state index in [9.17, 15) is 0 Å². The molecule has 0 aliphatic rings. The maximum atomic E-state index is 5.32. The second-order valence-corrected chi connectivity index (χ2v) is 8.21. The van der Waals surface area contributed by atoms with Gasteiger partial charge in [-0.25, -0.2) is 0 Å². The van der Waals surface area contributed by atoms with Crippen molar-refractivity contribution in [2.45, 2.75) is 13.8 Å². The number of hydrogen-bond donors (Lipinski definition) is 0. The summed E-state index contributed by atoms with van der Waals surface area (Å²) in [6, 6.07) is 23.6. The van der Waals surface area contributed by atoms with E-state index in [4.69, 9.17) is 9.47 Å². The molecular formula is C22H23O2P. The van der Waals surface area contributed by atoms with Crippen molar-refractivity contribution in [2.75, 3.05) is 14.2 Å². The molecule has 0 aliphatic heterocycles. The molecule has 0 saturated heterocycles. The summed E-state index contributed by atoms with van der Waals surface area (Å²) in [5.74, 6) is 1.77. The van der Waals surface area contributed by atoms with Crippen LogP contribution in [0.4, 0.5) is 0 Å². The molecule has 0 bridgehead atoms. The van der Waals surface area contributed by atoms with Gasteiger partial charge in [-0.1, -0.05) is 48.0 Å². The summed E-state index contributed by atoms with van der Waals surface area (Å²) >= 11 is 0. The van der Waals surface area contributed by atoms with E-state index in [1.165, 1.54) is 27.0 Å². The minimum Gasteiger partial charge on any atom is -0.497 e. The fourth-order valence-corrected chi connectivity index (χ4v) is 5.34. The fourth-order valence-electron chi connectivity index (χ4n) is 2.95. The highest BCUT2D eigenvalue weighted by Crippen LogP contribution is 2.35. The summed E-state index contributed by atoms with van der Waals surface area (Å²) in [4.78, 5) is 0. The van der Waals surface area contributed by atoms with Crippen LogP contribution in [0.5, 0.6) is 11.5 Å². The van der Waals surface area contributed by atoms with Crippen molar-refractivity contribution in [1.82, 2.24) is 0 Å². The van der Waals surface area contributed by atoms with Gasteiger partial charge in [0.15, 0.2) is 0 Å². The molecule has 0 radical (unpaired) electrons. The first-order valence-corrected chi connectivity index (χ1v) is 9.62. The summed E-state index contributed by atoms with van der Waals surface area (Å²) in [5, 5.41) is 4.01. The van der Waals surface area contributed by atoms with E-state index in [-0.39, 0.29) is 0 Å². The molecule has 128 valence electrons. The van der Waals surface area contributed by atoms with E-state index in [0.29, 0.717) is 0 Å². The number of ether oxygens (including phenoxy) is 2. The highest BCUT2D eigenvalue weighted by Gasteiger charge is 2.18. The molecule has 0 heterocycles. The topological polar surface area (TPSA) is 18.5 Å². The summed E-state index contributed by atoms with van der Waals surface area (Å²) in [7, 11) is 2.77. The van der Waals surface area contributed by atoms with Gasteiger partial charge in [0.2, 0.25) is 0 Å². The van der Waals surface area contributed by atoms with Crippen molar-refractivity contribution < 1.29 is 9.47 Å². The zero-order valence-electron chi connectivity index (χ0n) is 15.1. The molecule has 3 aromatic rings. The Labute approximate surface area is 151 Å². The molecule has 0 unspecified atom stereocenters. The third kappa shape index (κ3) is 3.86. The van der Waals surface area contributed by atoms with Crippen molar-refractivity contribution in [3.8, 4) is 11.5 Å². The number of benzene rings is 3. The lowest BCUT2D eigenvalue weighted by Gasteiger charge is -2.22. The van der Waals surface area contributed by atoms with E-state index < -0.39 is 7.92 Å². The summed E-state index contributed by atoms with van der Waals surface area (Å²) in [5.41, 5.74) is 2.62. The first-order valence-electron chi connectivity index (χ1n) is 8.28. The maximum Gasteiger partial charge on any atom is 0.118 e. The monoisotopic (exact) mass is 350 g/mol. The predicted octanol–water partition coefficient (Wildman–Crippen LogP) is 4.08. The fraction of sp³-hybridized carbons (Fsp3) is 0.182. The van der Waals surface area contributed by atoms with Crippen LogP contribution < -0.4 is 25.4 Å². The van der Waals surface area contributed by atoms with Gasteiger partial charge >= 0.3 is 0 Å². The van der Waals surface area contributed by atoms with Gasteiger partial charge in [0, 0.05) is 0 Å². The zero-order valence-corrected chi connectivity index (χ0v) is 16.0. The molecule has 0 aliphatic carbocycles. The van der Waals surface area contributed by atoms with Crippen LogP contribution in [-0.2, 0) is 0 Å². The van der Waals surface area contributed by atoms with Gasteiger partial charge in [0.25, 0.3) is 0 Å². The van der Waals surface area contributed by atoms with Gasteiger partial charge in [-0.15, -0.1) is 0 Å². The second kappa shape index (κ2) is 7.72. The average Bonchev–Trinajstić information content (AvgIpc) is 2.65. The molecule has 25 heavy (non-hydrogen) atoms. The van der Waals surface area contributed by atoms with Crippen LogP contribution in [0.1, 0.15) is 11.1 Å². The molecule has 0 atom stereocenters. The van der Waals surface area contributed by atoms with E-state index in [0.717, 1.165) is 11.5 Å². The Balaban J connectivity index is 2.12. The number of hydrogen-bond acceptors (Lipinski definition) is 2. The van der Waals surface area contributed by atoms with Gasteiger partial charge in [0.1, 0.15) is 11.5 Å². The standard InChI is InChI=1S/C22H23O2P/c1-16-5-14-22(17(2)15-16)25(20-10-6-18(23-3)7-11-20)21-12-8-19(24-4)9-13-21/h5-15H,1-4H3. The molecule has 0 spiro atoms. The molecule has 0 amide bonds. The van der Waals surface area contributed by atoms with Crippen molar-refractivity contribution >= 4 is 23.8 Å². The van der Waals surface area contributed by atoms with Gasteiger partial charge in [-0.3, -0.25) is 0 Å². The largest absolute Gasteiger partial charge is 0.497 e. The van der Waals surface area contributed by atoms with Crippen LogP contribution in [0.25, 0.3) is 0 Å². The van der Waals surface area contributed by atoms with Crippen molar-refractivity contribution in [1.29, 1.82) is 0 Å². The molecule has 0 N–H and O–H groups in total. The van der Waals surface area contributed by atoms with Crippen molar-refractivity contribution in [2.24, 2.45) is 0 Å². The average molecular weight is 350 g/mol. The predicted molar refractivity (Wildman–Crippen MR) is 108 cm³/mol. The summed E-state index contributed by atoms with van der Waals surface area (Å²) in [6.07, 6.45) is 0. The Hall–Kier alpha value is -2.31. The molecule has 3 heteroatoms. The SMILES string of the molecule is COc1ccc(P(c2ccc(OC)cc2)c2ccc(C)cc2C)cc1. The Morgan fingerprint density at radius 2 is 1.12 bits per heavy atom. The minimum absolute atomic E-state index is 0.625. The molecule has 3 rings (SSSR count). The Morgan fingerprint density at radius 3 is 1.52 bits per heavy atom. The molecule has 0 fully saturated rings. The molecule has 3 aromatic carbocycles. The maximum absolute atomic E-state index is 5.32. The highest BCUT2D eigenvalue weighted by atomic mass is 31.1. The molecular weight excluding hydrogens is 327 g/mol. The number of rotatable bonds is 5. The van der Waals surface area contributed by atoms with Crippen LogP contribution in [0.3, 0.4) is 0 Å². The van der Waals surface area contributed by atoms with Crippen molar-refractivity contribution in [3.05, 3.63) is 77.9 Å². The normalized spacial score (nSPS) is 10.8. The minimum atomic E-state index is -0.625. The van der Waals surface area contributed by atoms with E-state index in [1.54, 1.807) is 14.2 Å². The van der Waals surface area contributed by atoms with Crippen molar-refractivity contribution in [3.63, 3.8) is 0 Å².